The number of halogens is 4. The van der Waals surface area contributed by atoms with Gasteiger partial charge in [0, 0.05) is 6.54 Å². The van der Waals surface area contributed by atoms with Gasteiger partial charge in [0.1, 0.15) is 11.5 Å². The van der Waals surface area contributed by atoms with Crippen LogP contribution >= 0.6 is 0 Å². The molecular formula is C21H17F4NO. The molecular weight excluding hydrogens is 358 g/mol. The summed E-state index contributed by atoms with van der Waals surface area (Å²) in [6.45, 7) is 3.80. The molecule has 0 spiro atoms. The van der Waals surface area contributed by atoms with Crippen LogP contribution < -0.4 is 5.32 Å². The second-order valence-corrected chi connectivity index (χ2v) is 6.32. The lowest BCUT2D eigenvalue weighted by Crippen LogP contribution is -2.06. The van der Waals surface area contributed by atoms with E-state index in [2.05, 4.69) is 5.32 Å². The van der Waals surface area contributed by atoms with E-state index in [9.17, 15) is 22.7 Å². The third-order valence-electron chi connectivity index (χ3n) is 4.55. The van der Waals surface area contributed by atoms with Crippen molar-refractivity contribution in [3.63, 3.8) is 0 Å². The maximum absolute atomic E-state index is 13.9. The fourth-order valence-corrected chi connectivity index (χ4v) is 2.85. The third-order valence-corrected chi connectivity index (χ3v) is 4.55. The Bertz CT molecular complexity index is 1020. The van der Waals surface area contributed by atoms with Crippen LogP contribution in [0.5, 0.6) is 5.75 Å². The fourth-order valence-electron chi connectivity index (χ4n) is 2.85. The first kappa shape index (κ1) is 18.8. The molecule has 2 N–H and O–H groups in total. The normalized spacial score (nSPS) is 10.9. The zero-order valence-electron chi connectivity index (χ0n) is 14.7. The molecule has 0 bridgehead atoms. The molecule has 140 valence electrons. The number of anilines is 1. The molecule has 6 heteroatoms. The molecule has 0 aliphatic rings. The van der Waals surface area contributed by atoms with Crippen LogP contribution in [-0.4, -0.2) is 5.11 Å². The van der Waals surface area contributed by atoms with Gasteiger partial charge in [0.05, 0.1) is 0 Å². The highest BCUT2D eigenvalue weighted by molar-refractivity contribution is 5.66. The van der Waals surface area contributed by atoms with Crippen molar-refractivity contribution >= 4 is 5.69 Å². The number of phenolic OH excluding ortho intramolecular Hbond substituents is 1. The molecule has 3 aromatic rings. The average molecular weight is 375 g/mol. The van der Waals surface area contributed by atoms with Crippen molar-refractivity contribution in [2.24, 2.45) is 0 Å². The smallest absolute Gasteiger partial charge is 0.190 e. The second-order valence-electron chi connectivity index (χ2n) is 6.32. The summed E-state index contributed by atoms with van der Waals surface area (Å²) in [7, 11) is 0. The number of hydrogen-bond donors (Lipinski definition) is 2. The van der Waals surface area contributed by atoms with E-state index in [0.29, 0.717) is 11.1 Å². The van der Waals surface area contributed by atoms with Gasteiger partial charge in [0.2, 0.25) is 0 Å². The maximum atomic E-state index is 13.9. The Balaban J connectivity index is 1.95. The summed E-state index contributed by atoms with van der Waals surface area (Å²) in [5.74, 6) is -4.42. The first-order chi connectivity index (χ1) is 12.8. The second kappa shape index (κ2) is 7.31. The Morgan fingerprint density at radius 1 is 0.815 bits per heavy atom. The average Bonchev–Trinajstić information content (AvgIpc) is 2.63. The number of phenols is 1. The minimum Gasteiger partial charge on any atom is -0.505 e. The van der Waals surface area contributed by atoms with E-state index >= 15 is 0 Å². The van der Waals surface area contributed by atoms with Gasteiger partial charge in [0.25, 0.3) is 0 Å². The molecule has 0 fully saturated rings. The van der Waals surface area contributed by atoms with Crippen molar-refractivity contribution in [1.82, 2.24) is 0 Å². The van der Waals surface area contributed by atoms with E-state index in [0.717, 1.165) is 41.0 Å². The fraction of sp³-hybridized carbons (Fsp3) is 0.143. The van der Waals surface area contributed by atoms with Crippen LogP contribution in [0, 0.1) is 37.1 Å². The highest BCUT2D eigenvalue weighted by atomic mass is 19.2. The Hall–Kier alpha value is -3.02. The number of aryl methyl sites for hydroxylation is 1. The molecule has 3 aromatic carbocycles. The first-order valence-electron chi connectivity index (χ1n) is 8.24. The van der Waals surface area contributed by atoms with Crippen molar-refractivity contribution in [2.75, 3.05) is 5.32 Å². The highest BCUT2D eigenvalue weighted by Crippen LogP contribution is 2.29. The van der Waals surface area contributed by atoms with Gasteiger partial charge in [-0.3, -0.25) is 0 Å². The topological polar surface area (TPSA) is 32.3 Å². The Morgan fingerprint density at radius 3 is 2.22 bits per heavy atom. The Morgan fingerprint density at radius 2 is 1.52 bits per heavy atom. The summed E-state index contributed by atoms with van der Waals surface area (Å²) in [6, 6.07) is 9.11. The Labute approximate surface area is 154 Å². The van der Waals surface area contributed by atoms with Crippen LogP contribution in [0.15, 0.2) is 42.5 Å². The standard InChI is InChI=1S/C21H17F4NO/c1-11-7-14(13-3-4-16(22)18(24)9-13)8-15(12(11)2)10-26-21-17(23)5-6-19(27)20(21)25/h3-9,26-27H,10H2,1-2H3. The summed E-state index contributed by atoms with van der Waals surface area (Å²) in [5.41, 5.74) is 3.25. The van der Waals surface area contributed by atoms with E-state index < -0.39 is 34.7 Å². The van der Waals surface area contributed by atoms with Gasteiger partial charge >= 0.3 is 0 Å². The molecule has 0 saturated heterocycles. The van der Waals surface area contributed by atoms with E-state index in [-0.39, 0.29) is 6.54 Å². The van der Waals surface area contributed by atoms with Gasteiger partial charge in [-0.2, -0.15) is 0 Å². The predicted molar refractivity (Wildman–Crippen MR) is 96.6 cm³/mol. The van der Waals surface area contributed by atoms with Crippen LogP contribution in [-0.2, 0) is 6.54 Å². The van der Waals surface area contributed by atoms with Gasteiger partial charge in [-0.25, -0.2) is 17.6 Å². The summed E-state index contributed by atoms with van der Waals surface area (Å²) in [4.78, 5) is 0. The molecule has 0 unspecified atom stereocenters. The largest absolute Gasteiger partial charge is 0.505 e. The van der Waals surface area contributed by atoms with Gasteiger partial charge in [-0.05, 0) is 72.0 Å². The van der Waals surface area contributed by atoms with E-state index in [4.69, 9.17) is 0 Å². The molecule has 27 heavy (non-hydrogen) atoms. The third kappa shape index (κ3) is 3.74. The van der Waals surface area contributed by atoms with Gasteiger partial charge < -0.3 is 10.4 Å². The van der Waals surface area contributed by atoms with Crippen LogP contribution in [0.2, 0.25) is 0 Å². The summed E-state index contributed by atoms with van der Waals surface area (Å²) >= 11 is 0. The molecule has 3 rings (SSSR count). The summed E-state index contributed by atoms with van der Waals surface area (Å²) in [6.07, 6.45) is 0. The Kier molecular flexibility index (Phi) is 5.08. The number of aromatic hydroxyl groups is 1. The molecule has 0 amide bonds. The maximum Gasteiger partial charge on any atom is 0.190 e. The zero-order chi connectivity index (χ0) is 19.7. The molecule has 0 aromatic heterocycles. The van der Waals surface area contributed by atoms with Crippen molar-refractivity contribution in [3.05, 3.63) is 82.4 Å². The van der Waals surface area contributed by atoms with Crippen LogP contribution in [0.25, 0.3) is 11.1 Å². The van der Waals surface area contributed by atoms with Gasteiger partial charge in [0.15, 0.2) is 23.2 Å². The minimum absolute atomic E-state index is 0.0848. The molecule has 0 aliphatic carbocycles. The SMILES string of the molecule is Cc1cc(-c2ccc(F)c(F)c2)cc(CNc2c(F)ccc(O)c2F)c1C. The number of benzene rings is 3. The lowest BCUT2D eigenvalue weighted by atomic mass is 9.95. The number of rotatable bonds is 4. The molecule has 0 atom stereocenters. The molecule has 0 saturated carbocycles. The number of nitrogens with one attached hydrogen (secondary N) is 1. The van der Waals surface area contributed by atoms with Crippen LogP contribution in [0.1, 0.15) is 16.7 Å². The van der Waals surface area contributed by atoms with Crippen molar-refractivity contribution in [1.29, 1.82) is 0 Å². The van der Waals surface area contributed by atoms with Crippen LogP contribution in [0.4, 0.5) is 23.2 Å². The minimum atomic E-state index is -1.07. The molecule has 2 nitrogen and oxygen atoms in total. The van der Waals surface area contributed by atoms with E-state index in [1.54, 1.807) is 6.07 Å². The zero-order valence-corrected chi connectivity index (χ0v) is 14.7. The summed E-state index contributed by atoms with van der Waals surface area (Å²) < 4.78 is 54.5. The molecule has 0 radical (unpaired) electrons. The van der Waals surface area contributed by atoms with E-state index in [1.165, 1.54) is 6.07 Å². The number of hydrogen-bond acceptors (Lipinski definition) is 2. The molecule has 0 aliphatic heterocycles. The lowest BCUT2D eigenvalue weighted by Gasteiger charge is -2.15. The van der Waals surface area contributed by atoms with Crippen molar-refractivity contribution < 1.29 is 22.7 Å². The first-order valence-corrected chi connectivity index (χ1v) is 8.24. The molecule has 0 heterocycles. The van der Waals surface area contributed by atoms with Crippen molar-refractivity contribution in [3.8, 4) is 16.9 Å². The van der Waals surface area contributed by atoms with Crippen LogP contribution in [0.3, 0.4) is 0 Å². The lowest BCUT2D eigenvalue weighted by molar-refractivity contribution is 0.429. The summed E-state index contributed by atoms with van der Waals surface area (Å²) in [5, 5.41) is 12.1. The van der Waals surface area contributed by atoms with Crippen molar-refractivity contribution in [2.45, 2.75) is 20.4 Å². The monoisotopic (exact) mass is 375 g/mol. The van der Waals surface area contributed by atoms with Gasteiger partial charge in [-0.15, -0.1) is 0 Å². The quantitative estimate of drug-likeness (QED) is 0.561. The van der Waals surface area contributed by atoms with Gasteiger partial charge in [-0.1, -0.05) is 12.1 Å². The highest BCUT2D eigenvalue weighted by Gasteiger charge is 2.14. The predicted octanol–water partition coefficient (Wildman–Crippen LogP) is 5.84. The van der Waals surface area contributed by atoms with E-state index in [1.807, 2.05) is 19.9 Å².